The van der Waals surface area contributed by atoms with Gasteiger partial charge in [-0.3, -0.25) is 4.57 Å². The highest BCUT2D eigenvalue weighted by molar-refractivity contribution is 7.54. The summed E-state index contributed by atoms with van der Waals surface area (Å²) in [6.07, 6.45) is -0.787. The highest BCUT2D eigenvalue weighted by atomic mass is 31.2. The van der Waals surface area contributed by atoms with Gasteiger partial charge in [0.1, 0.15) is 6.61 Å². The molecule has 0 aliphatic rings. The number of amides is 1. The van der Waals surface area contributed by atoms with Gasteiger partial charge in [0.05, 0.1) is 20.3 Å². The zero-order valence-electron chi connectivity index (χ0n) is 16.7. The predicted molar refractivity (Wildman–Crippen MR) is 108 cm³/mol. The van der Waals surface area contributed by atoms with Gasteiger partial charge < -0.3 is 28.9 Å². The Kier molecular flexibility index (Phi) is 8.51. The van der Waals surface area contributed by atoms with Crippen LogP contribution in [-0.2, 0) is 25.0 Å². The van der Waals surface area contributed by atoms with E-state index in [9.17, 15) is 14.5 Å². The van der Waals surface area contributed by atoms with Gasteiger partial charge in [-0.1, -0.05) is 36.4 Å². The van der Waals surface area contributed by atoms with Gasteiger partial charge in [-0.15, -0.1) is 0 Å². The van der Waals surface area contributed by atoms with Crippen molar-refractivity contribution >= 4 is 13.7 Å². The Bertz CT molecular complexity index is 834. The summed E-state index contributed by atoms with van der Waals surface area (Å²) in [5, 5.41) is 12.4. The van der Waals surface area contributed by atoms with Crippen molar-refractivity contribution in [3.63, 3.8) is 0 Å². The third-order valence-corrected chi connectivity index (χ3v) is 6.22. The largest absolute Gasteiger partial charge is 0.504 e. The lowest BCUT2D eigenvalue weighted by Crippen LogP contribution is -2.30. The van der Waals surface area contributed by atoms with Crippen LogP contribution >= 0.6 is 7.60 Å². The fourth-order valence-corrected chi connectivity index (χ4v) is 4.51. The van der Waals surface area contributed by atoms with E-state index in [1.165, 1.54) is 25.3 Å². The van der Waals surface area contributed by atoms with Crippen molar-refractivity contribution in [2.24, 2.45) is 0 Å². The molecule has 29 heavy (non-hydrogen) atoms. The number of rotatable bonds is 10. The van der Waals surface area contributed by atoms with E-state index in [1.54, 1.807) is 13.8 Å². The van der Waals surface area contributed by atoms with Crippen LogP contribution < -0.4 is 10.1 Å². The zero-order valence-corrected chi connectivity index (χ0v) is 17.6. The number of carbonyl (C=O) groups is 1. The molecule has 2 aromatic rings. The molecule has 2 rings (SSSR count). The molecule has 0 bridgehead atoms. The molecule has 0 saturated carbocycles. The minimum Gasteiger partial charge on any atom is -0.504 e. The first kappa shape index (κ1) is 22.7. The van der Waals surface area contributed by atoms with Crippen molar-refractivity contribution in [3.05, 3.63) is 59.7 Å². The number of alkyl carbamates (subject to hydrolysis) is 1. The molecular weight excluding hydrogens is 397 g/mol. The molecule has 0 saturated heterocycles. The lowest BCUT2D eigenvalue weighted by Gasteiger charge is -2.27. The van der Waals surface area contributed by atoms with Crippen LogP contribution in [0.25, 0.3) is 0 Å². The first-order valence-electron chi connectivity index (χ1n) is 9.16. The Balaban J connectivity index is 2.28. The van der Waals surface area contributed by atoms with Gasteiger partial charge in [-0.25, -0.2) is 4.79 Å². The van der Waals surface area contributed by atoms with Gasteiger partial charge in [0.2, 0.25) is 0 Å². The molecule has 2 aromatic carbocycles. The molecule has 0 fully saturated rings. The highest BCUT2D eigenvalue weighted by Gasteiger charge is 2.39. The van der Waals surface area contributed by atoms with Crippen molar-refractivity contribution in [3.8, 4) is 11.5 Å². The van der Waals surface area contributed by atoms with Crippen LogP contribution in [0.15, 0.2) is 48.5 Å². The summed E-state index contributed by atoms with van der Waals surface area (Å²) in [5.74, 6) is -1.09. The number of hydrogen-bond donors (Lipinski definition) is 2. The fraction of sp³-hybridized carbons (Fsp3) is 0.350. The smallest absolute Gasteiger partial charge is 0.408 e. The Morgan fingerprint density at radius 2 is 1.76 bits per heavy atom. The van der Waals surface area contributed by atoms with Gasteiger partial charge in [-0.05, 0) is 37.1 Å². The average Bonchev–Trinajstić information content (AvgIpc) is 2.72. The van der Waals surface area contributed by atoms with E-state index in [0.29, 0.717) is 5.56 Å². The monoisotopic (exact) mass is 423 g/mol. The summed E-state index contributed by atoms with van der Waals surface area (Å²) < 4.78 is 34.6. The van der Waals surface area contributed by atoms with Crippen LogP contribution in [0.3, 0.4) is 0 Å². The van der Waals surface area contributed by atoms with Crippen LogP contribution in [-0.4, -0.2) is 31.5 Å². The summed E-state index contributed by atoms with van der Waals surface area (Å²) in [5.41, 5.74) is 1.19. The van der Waals surface area contributed by atoms with E-state index < -0.39 is 19.5 Å². The third kappa shape index (κ3) is 6.22. The number of aromatic hydroxyl groups is 1. The quantitative estimate of drug-likeness (QED) is 0.539. The standard InChI is InChI=1S/C20H26NO7P/c1-4-27-29(24,28-5-2)19(16-11-12-17(22)18(13-16)25-3)21-20(23)26-14-15-9-7-6-8-10-15/h6-13,19,22H,4-5,14H2,1-3H3,(H,21,23). The molecule has 8 nitrogen and oxygen atoms in total. The number of hydrogen-bond acceptors (Lipinski definition) is 7. The maximum absolute atomic E-state index is 13.4. The summed E-state index contributed by atoms with van der Waals surface area (Å²) in [4.78, 5) is 12.4. The normalized spacial score (nSPS) is 12.2. The number of methoxy groups -OCH3 is 1. The van der Waals surface area contributed by atoms with Crippen LogP contribution in [0.2, 0.25) is 0 Å². The van der Waals surface area contributed by atoms with E-state index in [1.807, 2.05) is 30.3 Å². The van der Waals surface area contributed by atoms with Crippen LogP contribution in [0.5, 0.6) is 11.5 Å². The summed E-state index contributed by atoms with van der Waals surface area (Å²) in [6, 6.07) is 13.5. The molecule has 0 aliphatic heterocycles. The minimum atomic E-state index is -3.80. The van der Waals surface area contributed by atoms with Crippen molar-refractivity contribution < 1.29 is 33.0 Å². The second-order valence-corrected chi connectivity index (χ2v) is 8.03. The van der Waals surface area contributed by atoms with E-state index in [4.69, 9.17) is 18.5 Å². The topological polar surface area (TPSA) is 103 Å². The van der Waals surface area contributed by atoms with E-state index in [0.717, 1.165) is 5.56 Å². The number of phenols is 1. The molecule has 1 amide bonds. The van der Waals surface area contributed by atoms with Crippen molar-refractivity contribution in [2.75, 3.05) is 20.3 Å². The van der Waals surface area contributed by atoms with Gasteiger partial charge >= 0.3 is 13.7 Å². The lowest BCUT2D eigenvalue weighted by molar-refractivity contribution is 0.134. The Morgan fingerprint density at radius 3 is 2.34 bits per heavy atom. The molecule has 158 valence electrons. The Labute approximate surface area is 170 Å². The first-order chi connectivity index (χ1) is 13.9. The van der Waals surface area contributed by atoms with Crippen molar-refractivity contribution in [2.45, 2.75) is 26.2 Å². The average molecular weight is 423 g/mol. The second-order valence-electron chi connectivity index (χ2n) is 5.92. The predicted octanol–water partition coefficient (Wildman–Crippen LogP) is 4.59. The van der Waals surface area contributed by atoms with E-state index >= 15 is 0 Å². The molecule has 2 N–H and O–H groups in total. The number of benzene rings is 2. The number of nitrogens with one attached hydrogen (secondary N) is 1. The molecular formula is C20H26NO7P. The molecule has 0 aliphatic carbocycles. The molecule has 1 atom stereocenters. The van der Waals surface area contributed by atoms with Gasteiger partial charge in [-0.2, -0.15) is 0 Å². The Morgan fingerprint density at radius 1 is 1.10 bits per heavy atom. The maximum atomic E-state index is 13.4. The Hall–Kier alpha value is -2.54. The molecule has 0 spiro atoms. The van der Waals surface area contributed by atoms with Crippen LogP contribution in [0.4, 0.5) is 4.79 Å². The number of phenolic OH excluding ortho intramolecular Hbond substituents is 1. The van der Waals surface area contributed by atoms with Crippen molar-refractivity contribution in [1.29, 1.82) is 0 Å². The summed E-state index contributed by atoms with van der Waals surface area (Å²) in [6.45, 7) is 3.63. The molecule has 0 radical (unpaired) electrons. The maximum Gasteiger partial charge on any atom is 0.408 e. The van der Waals surface area contributed by atoms with Gasteiger partial charge in [0, 0.05) is 0 Å². The fourth-order valence-electron chi connectivity index (χ4n) is 2.63. The van der Waals surface area contributed by atoms with Crippen LogP contribution in [0, 0.1) is 0 Å². The molecule has 0 heterocycles. The van der Waals surface area contributed by atoms with Crippen molar-refractivity contribution in [1.82, 2.24) is 5.32 Å². The third-order valence-electron chi connectivity index (χ3n) is 3.92. The van der Waals surface area contributed by atoms with Crippen LogP contribution in [0.1, 0.15) is 30.8 Å². The SMILES string of the molecule is CCOP(=O)(OCC)C(NC(=O)OCc1ccccc1)c1ccc(O)c(OC)c1. The summed E-state index contributed by atoms with van der Waals surface area (Å²) in [7, 11) is -2.41. The number of carbonyl (C=O) groups excluding carboxylic acids is 1. The zero-order chi connectivity index (χ0) is 21.3. The molecule has 1 unspecified atom stereocenters. The lowest BCUT2D eigenvalue weighted by atomic mass is 10.2. The van der Waals surface area contributed by atoms with Gasteiger partial charge in [0.25, 0.3) is 0 Å². The second kappa shape index (κ2) is 10.9. The number of ether oxygens (including phenoxy) is 2. The molecule has 9 heteroatoms. The highest BCUT2D eigenvalue weighted by Crippen LogP contribution is 2.60. The van der Waals surface area contributed by atoms with E-state index in [2.05, 4.69) is 5.32 Å². The summed E-state index contributed by atoms with van der Waals surface area (Å²) >= 11 is 0. The first-order valence-corrected chi connectivity index (χ1v) is 10.8. The van der Waals surface area contributed by atoms with E-state index in [-0.39, 0.29) is 31.3 Å². The molecule has 0 aromatic heterocycles. The minimum absolute atomic E-state index is 0.0475. The van der Waals surface area contributed by atoms with Gasteiger partial charge in [0.15, 0.2) is 17.3 Å².